The summed E-state index contributed by atoms with van der Waals surface area (Å²) in [6.07, 6.45) is -0.0491. The summed E-state index contributed by atoms with van der Waals surface area (Å²) >= 11 is 0. The van der Waals surface area contributed by atoms with Crippen molar-refractivity contribution < 1.29 is 19.4 Å². The molecule has 0 bridgehead atoms. The predicted molar refractivity (Wildman–Crippen MR) is 65.8 cm³/mol. The molecule has 0 spiro atoms. The topological polar surface area (TPSA) is 59.0 Å². The Hall–Kier alpha value is -1.75. The van der Waals surface area contributed by atoms with Crippen LogP contribution in [-0.2, 0) is 11.2 Å². The smallest absolute Gasteiger partial charge is 0.227 e. The molecule has 18 heavy (non-hydrogen) atoms. The van der Waals surface area contributed by atoms with E-state index in [1.165, 1.54) is 0 Å². The first-order chi connectivity index (χ1) is 8.63. The maximum absolute atomic E-state index is 11.8. The van der Waals surface area contributed by atoms with E-state index in [0.717, 1.165) is 5.56 Å². The molecule has 5 nitrogen and oxygen atoms in total. The number of amides is 1. The summed E-state index contributed by atoms with van der Waals surface area (Å²) in [6, 6.07) is 5.43. The number of likely N-dealkylation sites (tertiary alicyclic amines) is 1. The van der Waals surface area contributed by atoms with Gasteiger partial charge < -0.3 is 19.5 Å². The molecule has 1 aliphatic rings. The number of methoxy groups -OCH3 is 2. The molecule has 0 aliphatic carbocycles. The van der Waals surface area contributed by atoms with E-state index < -0.39 is 0 Å². The fourth-order valence-corrected chi connectivity index (χ4v) is 1.94. The van der Waals surface area contributed by atoms with Crippen LogP contribution in [0.1, 0.15) is 5.56 Å². The van der Waals surface area contributed by atoms with Gasteiger partial charge in [-0.3, -0.25) is 4.79 Å². The van der Waals surface area contributed by atoms with Crippen molar-refractivity contribution in [3.8, 4) is 11.5 Å². The van der Waals surface area contributed by atoms with Crippen molar-refractivity contribution in [3.63, 3.8) is 0 Å². The van der Waals surface area contributed by atoms with Crippen molar-refractivity contribution in [1.82, 2.24) is 4.90 Å². The van der Waals surface area contributed by atoms with Crippen LogP contribution >= 0.6 is 0 Å². The zero-order valence-electron chi connectivity index (χ0n) is 10.5. The van der Waals surface area contributed by atoms with Crippen molar-refractivity contribution in [2.45, 2.75) is 12.5 Å². The van der Waals surface area contributed by atoms with Gasteiger partial charge in [-0.25, -0.2) is 0 Å². The molecule has 0 saturated carbocycles. The first-order valence-electron chi connectivity index (χ1n) is 5.80. The molecule has 1 fully saturated rings. The minimum atomic E-state index is -0.362. The van der Waals surface area contributed by atoms with Crippen molar-refractivity contribution in [1.29, 1.82) is 0 Å². The van der Waals surface area contributed by atoms with E-state index in [0.29, 0.717) is 31.0 Å². The van der Waals surface area contributed by atoms with Gasteiger partial charge in [-0.1, -0.05) is 6.07 Å². The Morgan fingerprint density at radius 1 is 1.33 bits per heavy atom. The summed E-state index contributed by atoms with van der Waals surface area (Å²) in [4.78, 5) is 13.5. The van der Waals surface area contributed by atoms with Crippen LogP contribution in [-0.4, -0.2) is 49.3 Å². The zero-order valence-corrected chi connectivity index (χ0v) is 10.5. The lowest BCUT2D eigenvalue weighted by atomic mass is 10.1. The second-order valence-electron chi connectivity index (χ2n) is 4.32. The normalized spacial score (nSPS) is 15.2. The number of aliphatic hydroxyl groups is 1. The molecule has 0 aromatic heterocycles. The van der Waals surface area contributed by atoms with Crippen molar-refractivity contribution >= 4 is 5.91 Å². The van der Waals surface area contributed by atoms with E-state index in [4.69, 9.17) is 14.6 Å². The molecule has 0 unspecified atom stereocenters. The number of aliphatic hydroxyl groups excluding tert-OH is 1. The summed E-state index contributed by atoms with van der Waals surface area (Å²) in [6.45, 7) is 0.873. The third-order valence-electron chi connectivity index (χ3n) is 3.02. The lowest BCUT2D eigenvalue weighted by Gasteiger charge is -2.35. The number of rotatable bonds is 4. The highest BCUT2D eigenvalue weighted by Gasteiger charge is 2.28. The largest absolute Gasteiger partial charge is 0.493 e. The van der Waals surface area contributed by atoms with Crippen LogP contribution in [0.15, 0.2) is 18.2 Å². The van der Waals surface area contributed by atoms with Crippen LogP contribution in [0.2, 0.25) is 0 Å². The van der Waals surface area contributed by atoms with Crippen molar-refractivity contribution in [3.05, 3.63) is 23.8 Å². The average Bonchev–Trinajstić information content (AvgIpc) is 2.34. The maximum atomic E-state index is 11.8. The molecular weight excluding hydrogens is 234 g/mol. The number of benzene rings is 1. The van der Waals surface area contributed by atoms with Gasteiger partial charge in [0.15, 0.2) is 11.5 Å². The van der Waals surface area contributed by atoms with Gasteiger partial charge in [-0.2, -0.15) is 0 Å². The molecule has 0 radical (unpaired) electrons. The molecule has 2 rings (SSSR count). The monoisotopic (exact) mass is 251 g/mol. The Morgan fingerprint density at radius 2 is 2.00 bits per heavy atom. The molecule has 1 aromatic rings. The summed E-state index contributed by atoms with van der Waals surface area (Å²) in [5, 5.41) is 9.15. The number of carbonyl (C=O) groups is 1. The van der Waals surface area contributed by atoms with Crippen LogP contribution in [0.3, 0.4) is 0 Å². The SMILES string of the molecule is COc1ccc(CC(=O)N2CC(O)C2)cc1OC. The van der Waals surface area contributed by atoms with E-state index in [9.17, 15) is 4.79 Å². The number of hydrogen-bond donors (Lipinski definition) is 1. The van der Waals surface area contributed by atoms with Gasteiger partial charge in [0, 0.05) is 13.1 Å². The molecular formula is C13H17NO4. The Kier molecular flexibility index (Phi) is 3.72. The lowest BCUT2D eigenvalue weighted by molar-refractivity contribution is -0.140. The van der Waals surface area contributed by atoms with Crippen LogP contribution in [0.4, 0.5) is 0 Å². The molecule has 1 aliphatic heterocycles. The highest BCUT2D eigenvalue weighted by Crippen LogP contribution is 2.28. The number of ether oxygens (including phenoxy) is 2. The number of β-amino-alcohol motifs (C(OH)–C–C–N with tert-alkyl or cyclic N) is 1. The highest BCUT2D eigenvalue weighted by atomic mass is 16.5. The molecule has 1 amide bonds. The molecule has 1 heterocycles. The van der Waals surface area contributed by atoms with Gasteiger partial charge in [-0.15, -0.1) is 0 Å². The highest BCUT2D eigenvalue weighted by molar-refractivity contribution is 5.79. The zero-order chi connectivity index (χ0) is 13.1. The standard InChI is InChI=1S/C13H17NO4/c1-17-11-4-3-9(5-12(11)18-2)6-13(16)14-7-10(15)8-14/h3-5,10,15H,6-8H2,1-2H3. The summed E-state index contributed by atoms with van der Waals surface area (Å²) in [5.41, 5.74) is 0.874. The molecule has 5 heteroatoms. The summed E-state index contributed by atoms with van der Waals surface area (Å²) in [7, 11) is 3.14. The van der Waals surface area contributed by atoms with Gasteiger partial charge in [-0.05, 0) is 17.7 Å². The van der Waals surface area contributed by atoms with Crippen molar-refractivity contribution in [2.75, 3.05) is 27.3 Å². The molecule has 0 atom stereocenters. The van der Waals surface area contributed by atoms with E-state index in [1.54, 1.807) is 31.3 Å². The quantitative estimate of drug-likeness (QED) is 0.844. The first-order valence-corrected chi connectivity index (χ1v) is 5.80. The lowest BCUT2D eigenvalue weighted by Crippen LogP contribution is -2.53. The fraction of sp³-hybridized carbons (Fsp3) is 0.462. The first kappa shape index (κ1) is 12.7. The Balaban J connectivity index is 2.03. The minimum Gasteiger partial charge on any atom is -0.493 e. The van der Waals surface area contributed by atoms with E-state index in [-0.39, 0.29) is 12.0 Å². The van der Waals surface area contributed by atoms with Crippen LogP contribution in [0.5, 0.6) is 11.5 Å². The predicted octanol–water partition coefficient (Wildman–Crippen LogP) is 0.449. The molecule has 98 valence electrons. The van der Waals surface area contributed by atoms with Crippen LogP contribution < -0.4 is 9.47 Å². The third-order valence-corrected chi connectivity index (χ3v) is 3.02. The van der Waals surface area contributed by atoms with Gasteiger partial charge in [0.1, 0.15) is 0 Å². The van der Waals surface area contributed by atoms with Gasteiger partial charge in [0.25, 0.3) is 0 Å². The molecule has 1 saturated heterocycles. The fourth-order valence-electron chi connectivity index (χ4n) is 1.94. The van der Waals surface area contributed by atoms with Gasteiger partial charge >= 0.3 is 0 Å². The summed E-state index contributed by atoms with van der Waals surface area (Å²) in [5.74, 6) is 1.28. The molecule has 1 N–H and O–H groups in total. The maximum Gasteiger partial charge on any atom is 0.227 e. The average molecular weight is 251 g/mol. The molecule has 1 aromatic carbocycles. The Bertz CT molecular complexity index is 441. The van der Waals surface area contributed by atoms with Gasteiger partial charge in [0.2, 0.25) is 5.91 Å². The third kappa shape index (κ3) is 2.56. The van der Waals surface area contributed by atoms with Crippen molar-refractivity contribution in [2.24, 2.45) is 0 Å². The van der Waals surface area contributed by atoms with Crippen LogP contribution in [0.25, 0.3) is 0 Å². The van der Waals surface area contributed by atoms with Crippen LogP contribution in [0, 0.1) is 0 Å². The van der Waals surface area contributed by atoms with E-state index >= 15 is 0 Å². The second kappa shape index (κ2) is 5.27. The van der Waals surface area contributed by atoms with Gasteiger partial charge in [0.05, 0.1) is 26.7 Å². The number of hydrogen-bond acceptors (Lipinski definition) is 4. The summed E-state index contributed by atoms with van der Waals surface area (Å²) < 4.78 is 10.3. The number of nitrogens with zero attached hydrogens (tertiary/aromatic N) is 1. The minimum absolute atomic E-state index is 0.0209. The second-order valence-corrected chi connectivity index (χ2v) is 4.32. The Morgan fingerprint density at radius 3 is 2.56 bits per heavy atom. The van der Waals surface area contributed by atoms with E-state index in [1.807, 2.05) is 6.07 Å². The number of carbonyl (C=O) groups excluding carboxylic acids is 1. The Labute approximate surface area is 106 Å². The van der Waals surface area contributed by atoms with E-state index in [2.05, 4.69) is 0 Å².